The first-order valence-electron chi connectivity index (χ1n) is 13.7. The second-order valence-corrected chi connectivity index (χ2v) is 14.8. The van der Waals surface area contributed by atoms with Gasteiger partial charge in [-0.05, 0) is 70.8 Å². The number of nitrogens with one attached hydrogen (secondary N) is 1. The monoisotopic (exact) mass is 563 g/mol. The molecule has 11 heteroatoms. The van der Waals surface area contributed by atoms with Gasteiger partial charge in [0.1, 0.15) is 18.2 Å². The number of likely N-dealkylation sites (tertiary alicyclic amines) is 2. The molecule has 4 rings (SSSR count). The zero-order chi connectivity index (χ0) is 28.5. The summed E-state index contributed by atoms with van der Waals surface area (Å²) in [5.41, 5.74) is 0.225. The first kappa shape index (κ1) is 29.2. The van der Waals surface area contributed by atoms with Crippen LogP contribution in [0.3, 0.4) is 0 Å². The third kappa shape index (κ3) is 6.85. The number of sulfone groups is 1. The SMILES string of the molecule is CC(C)S(=O)(=O)CC1C2CN(C(=O)OC(C)(C)C)CC2CC1N1CCC(NC(=O)OCc2ccccc2)C1=O. The highest BCUT2D eigenvalue weighted by molar-refractivity contribution is 7.91. The number of ether oxygens (including phenoxy) is 2. The van der Waals surface area contributed by atoms with E-state index in [1.807, 2.05) is 51.1 Å². The van der Waals surface area contributed by atoms with Gasteiger partial charge in [-0.2, -0.15) is 0 Å². The Morgan fingerprint density at radius 2 is 1.82 bits per heavy atom. The van der Waals surface area contributed by atoms with Crippen LogP contribution in [0.25, 0.3) is 0 Å². The Kier molecular flexibility index (Phi) is 8.49. The van der Waals surface area contributed by atoms with E-state index < -0.39 is 38.9 Å². The van der Waals surface area contributed by atoms with Gasteiger partial charge >= 0.3 is 12.2 Å². The van der Waals surface area contributed by atoms with Gasteiger partial charge in [0.25, 0.3) is 0 Å². The summed E-state index contributed by atoms with van der Waals surface area (Å²) in [5, 5.41) is 2.15. The number of carbonyl (C=O) groups is 3. The van der Waals surface area contributed by atoms with Gasteiger partial charge < -0.3 is 24.6 Å². The summed E-state index contributed by atoms with van der Waals surface area (Å²) in [6, 6.07) is 8.30. The van der Waals surface area contributed by atoms with Gasteiger partial charge in [-0.1, -0.05) is 30.3 Å². The lowest BCUT2D eigenvalue weighted by molar-refractivity contribution is -0.132. The average Bonchev–Trinajstić information content (AvgIpc) is 3.51. The maximum atomic E-state index is 13.4. The normalized spacial score (nSPS) is 27.1. The van der Waals surface area contributed by atoms with Gasteiger partial charge in [0.15, 0.2) is 9.84 Å². The number of amides is 3. The minimum absolute atomic E-state index is 0.0420. The van der Waals surface area contributed by atoms with Crippen molar-refractivity contribution in [3.8, 4) is 0 Å². The van der Waals surface area contributed by atoms with Crippen molar-refractivity contribution in [2.24, 2.45) is 17.8 Å². The van der Waals surface area contributed by atoms with Crippen molar-refractivity contribution in [1.29, 1.82) is 0 Å². The van der Waals surface area contributed by atoms with Crippen LogP contribution < -0.4 is 5.32 Å². The highest BCUT2D eigenvalue weighted by atomic mass is 32.2. The molecule has 1 aromatic carbocycles. The van der Waals surface area contributed by atoms with Crippen molar-refractivity contribution in [2.45, 2.75) is 77.0 Å². The van der Waals surface area contributed by atoms with Gasteiger partial charge in [0, 0.05) is 25.7 Å². The minimum atomic E-state index is -3.40. The van der Waals surface area contributed by atoms with E-state index in [-0.39, 0.29) is 42.1 Å². The number of hydrogen-bond acceptors (Lipinski definition) is 7. The van der Waals surface area contributed by atoms with Crippen LogP contribution in [0.2, 0.25) is 0 Å². The number of benzene rings is 1. The molecule has 3 fully saturated rings. The molecule has 10 nitrogen and oxygen atoms in total. The first-order valence-corrected chi connectivity index (χ1v) is 15.4. The zero-order valence-corrected chi connectivity index (χ0v) is 24.3. The quantitative estimate of drug-likeness (QED) is 0.541. The molecule has 1 aliphatic carbocycles. The third-order valence-electron chi connectivity index (χ3n) is 8.02. The minimum Gasteiger partial charge on any atom is -0.445 e. The lowest BCUT2D eigenvalue weighted by atomic mass is 9.92. The molecule has 0 spiro atoms. The number of hydrogen-bond donors (Lipinski definition) is 1. The van der Waals surface area contributed by atoms with E-state index in [1.54, 1.807) is 23.6 Å². The Balaban J connectivity index is 1.43. The van der Waals surface area contributed by atoms with Crippen LogP contribution in [0, 0.1) is 17.8 Å². The van der Waals surface area contributed by atoms with E-state index in [0.29, 0.717) is 32.5 Å². The molecule has 3 aliphatic rings. The van der Waals surface area contributed by atoms with Crippen molar-refractivity contribution < 1.29 is 32.3 Å². The summed E-state index contributed by atoms with van der Waals surface area (Å²) in [6.07, 6.45) is -0.0125. The molecule has 5 unspecified atom stereocenters. The molecule has 3 amide bonds. The lowest BCUT2D eigenvalue weighted by Crippen LogP contribution is -2.48. The molecule has 2 aliphatic heterocycles. The van der Waals surface area contributed by atoms with Crippen LogP contribution in [0.4, 0.5) is 9.59 Å². The predicted octanol–water partition coefficient (Wildman–Crippen LogP) is 3.21. The summed E-state index contributed by atoms with van der Waals surface area (Å²) in [6.45, 7) is 10.2. The van der Waals surface area contributed by atoms with E-state index in [9.17, 15) is 22.8 Å². The van der Waals surface area contributed by atoms with Crippen molar-refractivity contribution in [2.75, 3.05) is 25.4 Å². The molecular formula is C28H41N3O7S. The summed E-state index contributed by atoms with van der Waals surface area (Å²) in [7, 11) is -3.40. The van der Waals surface area contributed by atoms with Gasteiger partial charge in [-0.15, -0.1) is 0 Å². The second kappa shape index (κ2) is 11.3. The first-order chi connectivity index (χ1) is 18.2. The number of alkyl carbamates (subject to hydrolysis) is 1. The highest BCUT2D eigenvalue weighted by Crippen LogP contribution is 2.46. The smallest absolute Gasteiger partial charge is 0.410 e. The van der Waals surface area contributed by atoms with Gasteiger partial charge in [0.05, 0.1) is 11.0 Å². The molecule has 2 heterocycles. The molecule has 1 N–H and O–H groups in total. The topological polar surface area (TPSA) is 122 Å². The average molecular weight is 564 g/mol. The molecule has 0 radical (unpaired) electrons. The number of rotatable bonds is 7. The molecule has 0 bridgehead atoms. The molecule has 0 aromatic heterocycles. The molecule has 1 saturated carbocycles. The fourth-order valence-electron chi connectivity index (χ4n) is 6.00. The van der Waals surface area contributed by atoms with Crippen LogP contribution in [0.5, 0.6) is 0 Å². The van der Waals surface area contributed by atoms with Crippen LogP contribution in [-0.2, 0) is 30.7 Å². The Morgan fingerprint density at radius 3 is 2.46 bits per heavy atom. The van der Waals surface area contributed by atoms with Crippen molar-refractivity contribution in [3.63, 3.8) is 0 Å². The number of nitrogens with zero attached hydrogens (tertiary/aromatic N) is 2. The van der Waals surface area contributed by atoms with E-state index >= 15 is 0 Å². The largest absolute Gasteiger partial charge is 0.445 e. The molecule has 1 aromatic rings. The van der Waals surface area contributed by atoms with Crippen LogP contribution in [0.1, 0.15) is 53.0 Å². The lowest BCUT2D eigenvalue weighted by Gasteiger charge is -2.33. The van der Waals surface area contributed by atoms with Gasteiger partial charge in [0.2, 0.25) is 5.91 Å². The van der Waals surface area contributed by atoms with Crippen LogP contribution in [-0.4, -0.2) is 84.6 Å². The Hall–Kier alpha value is -2.82. The van der Waals surface area contributed by atoms with Crippen molar-refractivity contribution in [3.05, 3.63) is 35.9 Å². The molecule has 5 atom stereocenters. The third-order valence-corrected chi connectivity index (χ3v) is 10.3. The molecule has 2 saturated heterocycles. The maximum Gasteiger partial charge on any atom is 0.410 e. The van der Waals surface area contributed by atoms with Gasteiger partial charge in [-0.25, -0.2) is 18.0 Å². The highest BCUT2D eigenvalue weighted by Gasteiger charge is 2.54. The Morgan fingerprint density at radius 1 is 1.13 bits per heavy atom. The summed E-state index contributed by atoms with van der Waals surface area (Å²) >= 11 is 0. The van der Waals surface area contributed by atoms with E-state index in [1.165, 1.54) is 0 Å². The molecule has 39 heavy (non-hydrogen) atoms. The standard InChI is InChI=1S/C28H41N3O7S/c1-18(2)39(35,36)17-22-21-15-30(27(34)38-28(3,4)5)14-20(21)13-24(22)31-12-11-23(25(31)32)29-26(33)37-16-19-9-7-6-8-10-19/h6-10,18,20-24H,11-17H2,1-5H3,(H,29,33). The van der Waals surface area contributed by atoms with E-state index in [4.69, 9.17) is 9.47 Å². The summed E-state index contributed by atoms with van der Waals surface area (Å²) in [4.78, 5) is 42.0. The Bertz CT molecular complexity index is 1170. The number of fused-ring (bicyclic) bond motifs is 1. The van der Waals surface area contributed by atoms with Crippen LogP contribution >= 0.6 is 0 Å². The predicted molar refractivity (Wildman–Crippen MR) is 145 cm³/mol. The fraction of sp³-hybridized carbons (Fsp3) is 0.679. The van der Waals surface area contributed by atoms with Crippen molar-refractivity contribution >= 4 is 27.9 Å². The zero-order valence-electron chi connectivity index (χ0n) is 23.5. The molecule has 216 valence electrons. The number of carbonyl (C=O) groups excluding carboxylic acids is 3. The van der Waals surface area contributed by atoms with Crippen LogP contribution in [0.15, 0.2) is 30.3 Å². The molecular weight excluding hydrogens is 522 g/mol. The Labute approximate surface area is 231 Å². The van der Waals surface area contributed by atoms with E-state index in [0.717, 1.165) is 5.56 Å². The summed E-state index contributed by atoms with van der Waals surface area (Å²) < 4.78 is 36.9. The van der Waals surface area contributed by atoms with Crippen molar-refractivity contribution in [1.82, 2.24) is 15.1 Å². The second-order valence-electron chi connectivity index (χ2n) is 12.2. The fourth-order valence-corrected chi connectivity index (χ4v) is 7.39. The van der Waals surface area contributed by atoms with Gasteiger partial charge in [-0.3, -0.25) is 4.79 Å². The summed E-state index contributed by atoms with van der Waals surface area (Å²) in [5.74, 6) is -0.535. The van der Waals surface area contributed by atoms with E-state index in [2.05, 4.69) is 5.32 Å². The maximum absolute atomic E-state index is 13.4.